The van der Waals surface area contributed by atoms with Crippen LogP contribution in [0.15, 0.2) is 76.0 Å². The summed E-state index contributed by atoms with van der Waals surface area (Å²) in [6.07, 6.45) is -0.767. The molecule has 8 nitrogen and oxygen atoms in total. The molecule has 180 valence electrons. The first-order chi connectivity index (χ1) is 16.6. The fraction of sp³-hybridized carbons (Fsp3) is 0.192. The van der Waals surface area contributed by atoms with E-state index in [2.05, 4.69) is 14.9 Å². The lowest BCUT2D eigenvalue weighted by molar-refractivity contribution is 0.0280. The SMILES string of the molecule is Cc1ccc(-c2nnc(C(C)OC(=O)c3ccc(NS(=O)(=O)c4ccc(C)c(C)c4)cc3)o2)cc1. The largest absolute Gasteiger partial charge is 0.449 e. The maximum absolute atomic E-state index is 12.7. The fourth-order valence-corrected chi connectivity index (χ4v) is 4.40. The Bertz CT molecular complexity index is 1460. The molecule has 1 aromatic heterocycles. The Hall–Kier alpha value is -3.98. The van der Waals surface area contributed by atoms with E-state index in [1.165, 1.54) is 24.3 Å². The molecule has 0 bridgehead atoms. The molecule has 1 unspecified atom stereocenters. The zero-order valence-electron chi connectivity index (χ0n) is 19.8. The Morgan fingerprint density at radius 3 is 2.26 bits per heavy atom. The number of aromatic nitrogens is 2. The van der Waals surface area contributed by atoms with E-state index in [4.69, 9.17) is 9.15 Å². The highest BCUT2D eigenvalue weighted by Gasteiger charge is 2.21. The van der Waals surface area contributed by atoms with Gasteiger partial charge in [-0.3, -0.25) is 4.72 Å². The molecule has 0 radical (unpaired) electrons. The number of sulfonamides is 1. The van der Waals surface area contributed by atoms with Crippen LogP contribution in [0.25, 0.3) is 11.5 Å². The van der Waals surface area contributed by atoms with Crippen molar-refractivity contribution >= 4 is 21.7 Å². The highest BCUT2D eigenvalue weighted by Crippen LogP contribution is 2.24. The average molecular weight is 492 g/mol. The van der Waals surface area contributed by atoms with E-state index in [0.29, 0.717) is 11.6 Å². The Morgan fingerprint density at radius 1 is 0.914 bits per heavy atom. The molecule has 9 heteroatoms. The van der Waals surface area contributed by atoms with Crippen LogP contribution in [0.1, 0.15) is 46.0 Å². The summed E-state index contributed by atoms with van der Waals surface area (Å²) in [5.41, 5.74) is 4.35. The number of esters is 1. The number of ether oxygens (including phenoxy) is 1. The van der Waals surface area contributed by atoms with Crippen LogP contribution in [0, 0.1) is 20.8 Å². The zero-order valence-corrected chi connectivity index (χ0v) is 20.6. The summed E-state index contributed by atoms with van der Waals surface area (Å²) in [6.45, 7) is 7.39. The highest BCUT2D eigenvalue weighted by molar-refractivity contribution is 7.92. The van der Waals surface area contributed by atoms with Crippen molar-refractivity contribution < 1.29 is 22.4 Å². The number of nitrogens with zero attached hydrogens (tertiary/aromatic N) is 2. The molecule has 3 aromatic carbocycles. The van der Waals surface area contributed by atoms with E-state index < -0.39 is 22.1 Å². The molecular weight excluding hydrogens is 466 g/mol. The second-order valence-corrected chi connectivity index (χ2v) is 9.97. The number of carbonyl (C=O) groups is 1. The van der Waals surface area contributed by atoms with E-state index in [9.17, 15) is 13.2 Å². The molecular formula is C26H25N3O5S. The van der Waals surface area contributed by atoms with Crippen molar-refractivity contribution in [2.45, 2.75) is 38.7 Å². The van der Waals surface area contributed by atoms with Gasteiger partial charge in [0, 0.05) is 11.3 Å². The van der Waals surface area contributed by atoms with Crippen LogP contribution in [0.3, 0.4) is 0 Å². The minimum atomic E-state index is -3.76. The molecule has 1 N–H and O–H groups in total. The monoisotopic (exact) mass is 491 g/mol. The van der Waals surface area contributed by atoms with Crippen LogP contribution in [-0.2, 0) is 14.8 Å². The lowest BCUT2D eigenvalue weighted by Crippen LogP contribution is -2.14. The zero-order chi connectivity index (χ0) is 25.2. The quantitative estimate of drug-likeness (QED) is 0.345. The number of rotatable bonds is 7. The molecule has 4 rings (SSSR count). The van der Waals surface area contributed by atoms with E-state index in [-0.39, 0.29) is 16.3 Å². The van der Waals surface area contributed by atoms with Gasteiger partial charge in [0.05, 0.1) is 10.5 Å². The van der Waals surface area contributed by atoms with Gasteiger partial charge >= 0.3 is 5.97 Å². The van der Waals surface area contributed by atoms with Gasteiger partial charge in [-0.2, -0.15) is 0 Å². The number of hydrogen-bond donors (Lipinski definition) is 1. The Morgan fingerprint density at radius 2 is 1.60 bits per heavy atom. The van der Waals surface area contributed by atoms with Crippen molar-refractivity contribution in [3.63, 3.8) is 0 Å². The summed E-state index contributed by atoms with van der Waals surface area (Å²) in [7, 11) is -3.76. The maximum Gasteiger partial charge on any atom is 0.338 e. The van der Waals surface area contributed by atoms with Crippen molar-refractivity contribution in [2.75, 3.05) is 4.72 Å². The molecule has 1 atom stereocenters. The van der Waals surface area contributed by atoms with Crippen LogP contribution in [0.4, 0.5) is 5.69 Å². The third-order valence-electron chi connectivity index (χ3n) is 5.53. The molecule has 1 heterocycles. The lowest BCUT2D eigenvalue weighted by Gasteiger charge is -2.11. The molecule has 0 saturated carbocycles. The molecule has 4 aromatic rings. The molecule has 0 saturated heterocycles. The topological polar surface area (TPSA) is 111 Å². The predicted molar refractivity (Wildman–Crippen MR) is 131 cm³/mol. The second kappa shape index (κ2) is 9.71. The van der Waals surface area contributed by atoms with Gasteiger partial charge in [-0.1, -0.05) is 23.8 Å². The number of hydrogen-bond acceptors (Lipinski definition) is 7. The van der Waals surface area contributed by atoms with Gasteiger partial charge < -0.3 is 9.15 Å². The number of nitrogens with one attached hydrogen (secondary N) is 1. The molecule has 0 aliphatic heterocycles. The molecule has 0 spiro atoms. The number of benzene rings is 3. The van der Waals surface area contributed by atoms with Crippen LogP contribution >= 0.6 is 0 Å². The van der Waals surface area contributed by atoms with Crippen LogP contribution < -0.4 is 4.72 Å². The third-order valence-corrected chi connectivity index (χ3v) is 6.91. The fourth-order valence-electron chi connectivity index (χ4n) is 3.26. The molecule has 0 fully saturated rings. The van der Waals surface area contributed by atoms with E-state index in [1.54, 1.807) is 25.1 Å². The van der Waals surface area contributed by atoms with Crippen molar-refractivity contribution in [1.29, 1.82) is 0 Å². The standard InChI is InChI=1S/C26H25N3O5S/c1-16-5-8-20(9-6-16)25-28-27-24(34-25)19(4)33-26(30)21-10-12-22(13-11-21)29-35(31,32)23-14-7-17(2)18(3)15-23/h5-15,19,29H,1-4H3. The first kappa shape index (κ1) is 24.2. The summed E-state index contributed by atoms with van der Waals surface area (Å²) >= 11 is 0. The summed E-state index contributed by atoms with van der Waals surface area (Å²) in [6, 6.07) is 18.5. The van der Waals surface area contributed by atoms with Gasteiger partial charge in [0.1, 0.15) is 0 Å². The van der Waals surface area contributed by atoms with Gasteiger partial charge in [-0.25, -0.2) is 13.2 Å². The van der Waals surface area contributed by atoms with Gasteiger partial charge in [0.2, 0.25) is 5.89 Å². The number of carbonyl (C=O) groups excluding carboxylic acids is 1. The molecule has 0 aliphatic carbocycles. The second-order valence-electron chi connectivity index (χ2n) is 8.29. The Kier molecular flexibility index (Phi) is 6.70. The maximum atomic E-state index is 12.7. The van der Waals surface area contributed by atoms with Crippen molar-refractivity contribution in [3.05, 3.63) is 94.9 Å². The summed E-state index contributed by atoms with van der Waals surface area (Å²) in [4.78, 5) is 12.7. The third kappa shape index (κ3) is 5.58. The lowest BCUT2D eigenvalue weighted by atomic mass is 10.1. The average Bonchev–Trinajstić information content (AvgIpc) is 3.32. The molecule has 0 amide bonds. The summed E-state index contributed by atoms with van der Waals surface area (Å²) < 4.78 is 39.0. The van der Waals surface area contributed by atoms with E-state index >= 15 is 0 Å². The van der Waals surface area contributed by atoms with E-state index in [1.807, 2.05) is 45.0 Å². The predicted octanol–water partition coefficient (Wildman–Crippen LogP) is 5.38. The van der Waals surface area contributed by atoms with Crippen LogP contribution in [-0.4, -0.2) is 24.6 Å². The smallest absolute Gasteiger partial charge is 0.338 e. The summed E-state index contributed by atoms with van der Waals surface area (Å²) in [5.74, 6) is -0.0915. The van der Waals surface area contributed by atoms with Gasteiger partial charge in [-0.05, 0) is 87.4 Å². The molecule has 35 heavy (non-hydrogen) atoms. The van der Waals surface area contributed by atoms with Crippen molar-refractivity contribution in [3.8, 4) is 11.5 Å². The van der Waals surface area contributed by atoms with Gasteiger partial charge in [0.25, 0.3) is 15.9 Å². The Balaban J connectivity index is 1.41. The highest BCUT2D eigenvalue weighted by atomic mass is 32.2. The number of anilines is 1. The van der Waals surface area contributed by atoms with Crippen molar-refractivity contribution in [1.82, 2.24) is 10.2 Å². The van der Waals surface area contributed by atoms with E-state index in [0.717, 1.165) is 22.3 Å². The minimum Gasteiger partial charge on any atom is -0.449 e. The Labute approximate surface area is 204 Å². The minimum absolute atomic E-state index is 0.169. The van der Waals surface area contributed by atoms with Gasteiger partial charge in [-0.15, -0.1) is 10.2 Å². The molecule has 0 aliphatic rings. The normalized spacial score (nSPS) is 12.2. The van der Waals surface area contributed by atoms with Crippen LogP contribution in [0.2, 0.25) is 0 Å². The van der Waals surface area contributed by atoms with Gasteiger partial charge in [0.15, 0.2) is 6.10 Å². The first-order valence-electron chi connectivity index (χ1n) is 10.9. The van der Waals surface area contributed by atoms with Crippen molar-refractivity contribution in [2.24, 2.45) is 0 Å². The van der Waals surface area contributed by atoms with Crippen LogP contribution in [0.5, 0.6) is 0 Å². The number of aryl methyl sites for hydroxylation is 3. The first-order valence-corrected chi connectivity index (χ1v) is 12.4. The summed E-state index contributed by atoms with van der Waals surface area (Å²) in [5, 5.41) is 8.01.